The molecular formula is C11H11NO3S. The maximum Gasteiger partial charge on any atom is 0.339 e. The second kappa shape index (κ2) is 5.54. The molecule has 0 fully saturated rings. The lowest BCUT2D eigenvalue weighted by Crippen LogP contribution is -2.11. The first-order valence-electron chi connectivity index (χ1n) is 4.68. The molecule has 0 saturated carbocycles. The highest BCUT2D eigenvalue weighted by Crippen LogP contribution is 2.23. The molecule has 0 unspecified atom stereocenters. The highest BCUT2D eigenvalue weighted by Gasteiger charge is 2.18. The number of aliphatic hydroxyl groups excluding tert-OH is 1. The Labute approximate surface area is 98.9 Å². The number of esters is 1. The zero-order valence-corrected chi connectivity index (χ0v) is 9.62. The predicted molar refractivity (Wildman–Crippen MR) is 60.3 cm³/mol. The summed E-state index contributed by atoms with van der Waals surface area (Å²) in [6.45, 7) is 1.52. The molecule has 0 amide bonds. The van der Waals surface area contributed by atoms with Crippen LogP contribution >= 0.6 is 12.6 Å². The average molecular weight is 237 g/mol. The van der Waals surface area contributed by atoms with Crippen LogP contribution in [0.3, 0.4) is 0 Å². The Morgan fingerprint density at radius 2 is 2.31 bits per heavy atom. The Morgan fingerprint density at radius 1 is 1.62 bits per heavy atom. The monoisotopic (exact) mass is 237 g/mol. The first kappa shape index (κ1) is 12.6. The number of hydrogen-bond acceptors (Lipinski definition) is 5. The van der Waals surface area contributed by atoms with Gasteiger partial charge in [0.2, 0.25) is 0 Å². The van der Waals surface area contributed by atoms with Crippen LogP contribution in [0, 0.1) is 11.3 Å². The molecule has 0 spiro atoms. The first-order chi connectivity index (χ1) is 7.65. The Hall–Kier alpha value is -1.51. The maximum atomic E-state index is 11.6. The van der Waals surface area contributed by atoms with E-state index in [0.29, 0.717) is 4.90 Å². The van der Waals surface area contributed by atoms with Gasteiger partial charge in [0.05, 0.1) is 30.4 Å². The van der Waals surface area contributed by atoms with Gasteiger partial charge in [-0.3, -0.25) is 0 Å². The number of aliphatic hydroxyl groups is 1. The van der Waals surface area contributed by atoms with Crippen LogP contribution in [-0.4, -0.2) is 17.7 Å². The molecule has 0 aromatic heterocycles. The van der Waals surface area contributed by atoms with E-state index in [1.165, 1.54) is 12.1 Å². The number of ether oxygens (including phenoxy) is 1. The second-order valence-corrected chi connectivity index (χ2v) is 3.46. The third-order valence-electron chi connectivity index (χ3n) is 2.05. The highest BCUT2D eigenvalue weighted by atomic mass is 32.1. The van der Waals surface area contributed by atoms with E-state index >= 15 is 0 Å². The van der Waals surface area contributed by atoms with Crippen molar-refractivity contribution >= 4 is 18.6 Å². The van der Waals surface area contributed by atoms with Gasteiger partial charge in [-0.15, -0.1) is 12.6 Å². The SMILES string of the molecule is CCOC(=O)c1c(S)ccc(C#N)c1CO. The van der Waals surface area contributed by atoms with Crippen molar-refractivity contribution in [3.63, 3.8) is 0 Å². The summed E-state index contributed by atoms with van der Waals surface area (Å²) < 4.78 is 4.84. The molecule has 0 heterocycles. The molecular weight excluding hydrogens is 226 g/mol. The molecule has 16 heavy (non-hydrogen) atoms. The van der Waals surface area contributed by atoms with Gasteiger partial charge < -0.3 is 9.84 Å². The molecule has 1 rings (SSSR count). The molecule has 0 saturated heterocycles. The van der Waals surface area contributed by atoms with Gasteiger partial charge in [0.25, 0.3) is 0 Å². The number of carbonyl (C=O) groups is 1. The van der Waals surface area contributed by atoms with Crippen molar-refractivity contribution in [1.29, 1.82) is 5.26 Å². The number of nitriles is 1. The number of thiol groups is 1. The van der Waals surface area contributed by atoms with Gasteiger partial charge in [0, 0.05) is 10.5 Å². The highest BCUT2D eigenvalue weighted by molar-refractivity contribution is 7.80. The van der Waals surface area contributed by atoms with E-state index in [1.54, 1.807) is 6.92 Å². The van der Waals surface area contributed by atoms with Crippen LogP contribution in [0.25, 0.3) is 0 Å². The van der Waals surface area contributed by atoms with Gasteiger partial charge in [0.15, 0.2) is 0 Å². The van der Waals surface area contributed by atoms with Gasteiger partial charge in [-0.25, -0.2) is 4.79 Å². The summed E-state index contributed by atoms with van der Waals surface area (Å²) in [4.78, 5) is 12.0. The van der Waals surface area contributed by atoms with Crippen molar-refractivity contribution < 1.29 is 14.6 Å². The summed E-state index contributed by atoms with van der Waals surface area (Å²) in [5.74, 6) is -0.575. The van der Waals surface area contributed by atoms with Crippen LogP contribution in [0.1, 0.15) is 28.4 Å². The van der Waals surface area contributed by atoms with Crippen molar-refractivity contribution in [3.8, 4) is 6.07 Å². The summed E-state index contributed by atoms with van der Waals surface area (Å²) in [5.41, 5.74) is 0.670. The topological polar surface area (TPSA) is 70.3 Å². The maximum absolute atomic E-state index is 11.6. The lowest BCUT2D eigenvalue weighted by molar-refractivity contribution is 0.0518. The van der Waals surface area contributed by atoms with E-state index in [2.05, 4.69) is 12.6 Å². The summed E-state index contributed by atoms with van der Waals surface area (Å²) in [7, 11) is 0. The molecule has 0 bridgehead atoms. The summed E-state index contributed by atoms with van der Waals surface area (Å²) in [6.07, 6.45) is 0. The first-order valence-corrected chi connectivity index (χ1v) is 5.13. The molecule has 1 N–H and O–H groups in total. The van der Waals surface area contributed by atoms with Gasteiger partial charge in [-0.2, -0.15) is 5.26 Å². The molecule has 1 aromatic rings. The van der Waals surface area contributed by atoms with Crippen LogP contribution in [-0.2, 0) is 11.3 Å². The van der Waals surface area contributed by atoms with E-state index in [1.807, 2.05) is 6.07 Å². The Morgan fingerprint density at radius 3 is 2.81 bits per heavy atom. The number of rotatable bonds is 3. The fraction of sp³-hybridized carbons (Fsp3) is 0.273. The zero-order valence-electron chi connectivity index (χ0n) is 8.73. The van der Waals surface area contributed by atoms with Crippen molar-refractivity contribution in [1.82, 2.24) is 0 Å². The lowest BCUT2D eigenvalue weighted by Gasteiger charge is -2.10. The quantitative estimate of drug-likeness (QED) is 0.617. The minimum Gasteiger partial charge on any atom is -0.462 e. The fourth-order valence-corrected chi connectivity index (χ4v) is 1.64. The van der Waals surface area contributed by atoms with Crippen LogP contribution in [0.5, 0.6) is 0 Å². The van der Waals surface area contributed by atoms with E-state index in [-0.39, 0.29) is 23.3 Å². The molecule has 4 nitrogen and oxygen atoms in total. The van der Waals surface area contributed by atoms with Gasteiger partial charge in [-0.05, 0) is 19.1 Å². The predicted octanol–water partition coefficient (Wildman–Crippen LogP) is 1.52. The average Bonchev–Trinajstić information content (AvgIpc) is 2.28. The Kier molecular flexibility index (Phi) is 4.35. The molecule has 0 aliphatic heterocycles. The van der Waals surface area contributed by atoms with E-state index < -0.39 is 12.6 Å². The van der Waals surface area contributed by atoms with Gasteiger partial charge in [0.1, 0.15) is 0 Å². The standard InChI is InChI=1S/C11H11NO3S/c1-2-15-11(14)10-8(6-13)7(5-12)3-4-9(10)16/h3-4,13,16H,2,6H2,1H3. The molecule has 0 aliphatic rings. The van der Waals surface area contributed by atoms with Crippen LogP contribution < -0.4 is 0 Å². The van der Waals surface area contributed by atoms with Crippen molar-refractivity contribution in [3.05, 3.63) is 28.8 Å². The van der Waals surface area contributed by atoms with Crippen LogP contribution in [0.2, 0.25) is 0 Å². The molecule has 0 radical (unpaired) electrons. The fourth-order valence-electron chi connectivity index (χ4n) is 1.34. The zero-order chi connectivity index (χ0) is 12.1. The number of carbonyl (C=O) groups excluding carboxylic acids is 1. The third kappa shape index (κ3) is 2.35. The number of hydrogen-bond donors (Lipinski definition) is 2. The van der Waals surface area contributed by atoms with Crippen LogP contribution in [0.15, 0.2) is 17.0 Å². The molecule has 84 valence electrons. The molecule has 1 aromatic carbocycles. The summed E-state index contributed by atoms with van der Waals surface area (Å²) >= 11 is 4.12. The number of benzene rings is 1. The smallest absolute Gasteiger partial charge is 0.339 e. The Bertz CT molecular complexity index is 451. The largest absolute Gasteiger partial charge is 0.462 e. The number of nitrogens with zero attached hydrogens (tertiary/aromatic N) is 1. The molecule has 0 aliphatic carbocycles. The third-order valence-corrected chi connectivity index (χ3v) is 2.42. The minimum absolute atomic E-state index is 0.159. The van der Waals surface area contributed by atoms with E-state index in [4.69, 9.17) is 10.00 Å². The summed E-state index contributed by atoms with van der Waals surface area (Å²) in [6, 6.07) is 4.95. The molecule has 0 atom stereocenters. The van der Waals surface area contributed by atoms with Crippen LogP contribution in [0.4, 0.5) is 0 Å². The van der Waals surface area contributed by atoms with Crippen molar-refractivity contribution in [2.24, 2.45) is 0 Å². The normalized spacial score (nSPS) is 9.62. The lowest BCUT2D eigenvalue weighted by atomic mass is 10.0. The second-order valence-electron chi connectivity index (χ2n) is 2.98. The van der Waals surface area contributed by atoms with Gasteiger partial charge >= 0.3 is 5.97 Å². The minimum atomic E-state index is -0.575. The van der Waals surface area contributed by atoms with Crippen molar-refractivity contribution in [2.75, 3.05) is 6.61 Å². The van der Waals surface area contributed by atoms with Crippen molar-refractivity contribution in [2.45, 2.75) is 18.4 Å². The Balaban J connectivity index is 3.35. The molecule has 5 heteroatoms. The van der Waals surface area contributed by atoms with E-state index in [0.717, 1.165) is 0 Å². The summed E-state index contributed by atoms with van der Waals surface area (Å²) in [5, 5.41) is 18.0. The van der Waals surface area contributed by atoms with E-state index in [9.17, 15) is 9.90 Å². The van der Waals surface area contributed by atoms with Gasteiger partial charge in [-0.1, -0.05) is 0 Å².